The Balaban J connectivity index is 1.38. The molecular formula is C33H35N2O6S4+. The molecule has 0 bridgehead atoms. The standard InChI is InChI=1S/C33H34N2O6S4/c1-2-23(21-30-34(17-7-19-44(36,37)38)32-26-11-5-3-9-24(26)13-15-28(32)42-30)22-31-35(18-8-20-45(39,40)41)33-27-12-6-4-10-25(27)14-16-29(33)43-31/h3-6,9-16,21,31H,2,7-8,17-20,22H2,1H3,(H-,36,37,38,39,40,41)/p+1. The average Bonchev–Trinajstić information content (AvgIpc) is 3.53. The second-order valence-corrected chi connectivity index (χ2v) is 16.7. The number of thiazole rings is 1. The Kier molecular flexibility index (Phi) is 9.24. The summed E-state index contributed by atoms with van der Waals surface area (Å²) in [6, 6.07) is 24.8. The number of anilines is 1. The average molecular weight is 684 g/mol. The van der Waals surface area contributed by atoms with Crippen LogP contribution in [0.2, 0.25) is 0 Å². The lowest BCUT2D eigenvalue weighted by Crippen LogP contribution is -2.36. The molecule has 1 unspecified atom stereocenters. The molecular weight excluding hydrogens is 649 g/mol. The Morgan fingerprint density at radius 1 is 0.867 bits per heavy atom. The molecule has 12 heteroatoms. The number of hydrogen-bond donors (Lipinski definition) is 2. The molecule has 2 N–H and O–H groups in total. The van der Waals surface area contributed by atoms with Gasteiger partial charge in [-0.2, -0.15) is 21.4 Å². The summed E-state index contributed by atoms with van der Waals surface area (Å²) in [5.74, 6) is -0.605. The third kappa shape index (κ3) is 7.21. The van der Waals surface area contributed by atoms with Crippen LogP contribution < -0.4 is 9.47 Å². The SMILES string of the molecule is CCC(=Cc1sc2ccc3ccccc3c2[n+]1CCCS(=O)(=O)O)CC1Sc2ccc3ccccc3c2N1CCCS(=O)(=O)O. The largest absolute Gasteiger partial charge is 0.357 e. The highest BCUT2D eigenvalue weighted by Crippen LogP contribution is 2.49. The lowest BCUT2D eigenvalue weighted by atomic mass is 10.1. The number of aromatic nitrogens is 1. The van der Waals surface area contributed by atoms with Crippen molar-refractivity contribution in [3.05, 3.63) is 83.4 Å². The zero-order valence-corrected chi connectivity index (χ0v) is 28.1. The molecule has 236 valence electrons. The molecule has 8 nitrogen and oxygen atoms in total. The van der Waals surface area contributed by atoms with Gasteiger partial charge in [-0.25, -0.2) is 0 Å². The number of nitrogens with zero attached hydrogens (tertiary/aromatic N) is 2. The molecule has 1 atom stereocenters. The van der Waals surface area contributed by atoms with Gasteiger partial charge in [-0.1, -0.05) is 90.2 Å². The van der Waals surface area contributed by atoms with Crippen LogP contribution in [0, 0.1) is 0 Å². The third-order valence-corrected chi connectivity index (χ3v) is 12.2. The normalized spacial score (nSPS) is 15.8. The highest BCUT2D eigenvalue weighted by atomic mass is 32.2. The van der Waals surface area contributed by atoms with Crippen LogP contribution >= 0.6 is 23.1 Å². The van der Waals surface area contributed by atoms with E-state index in [0.29, 0.717) is 19.5 Å². The van der Waals surface area contributed by atoms with Crippen molar-refractivity contribution in [3.8, 4) is 0 Å². The lowest BCUT2D eigenvalue weighted by Gasteiger charge is -2.28. The molecule has 0 saturated heterocycles. The fraction of sp³-hybridized carbons (Fsp3) is 0.303. The molecule has 0 fully saturated rings. The molecule has 1 aliphatic heterocycles. The van der Waals surface area contributed by atoms with Crippen LogP contribution in [0.25, 0.3) is 37.8 Å². The first-order valence-corrected chi connectivity index (χ1v) is 19.8. The maximum absolute atomic E-state index is 11.6. The Morgan fingerprint density at radius 3 is 2.22 bits per heavy atom. The molecule has 6 rings (SSSR count). The summed E-state index contributed by atoms with van der Waals surface area (Å²) in [5.41, 5.74) is 3.36. The molecule has 0 radical (unpaired) electrons. The van der Waals surface area contributed by atoms with Gasteiger partial charge in [0.05, 0.1) is 28.0 Å². The van der Waals surface area contributed by atoms with Gasteiger partial charge >= 0.3 is 0 Å². The van der Waals surface area contributed by atoms with Crippen molar-refractivity contribution >= 4 is 86.9 Å². The van der Waals surface area contributed by atoms with Crippen LogP contribution in [0.15, 0.2) is 83.3 Å². The second-order valence-electron chi connectivity index (χ2n) is 11.3. The number of fused-ring (bicyclic) bond motifs is 6. The van der Waals surface area contributed by atoms with E-state index in [9.17, 15) is 25.9 Å². The van der Waals surface area contributed by atoms with E-state index in [4.69, 9.17) is 0 Å². The van der Waals surface area contributed by atoms with E-state index >= 15 is 0 Å². The third-order valence-electron chi connectivity index (χ3n) is 8.18. The number of thioether (sulfide) groups is 1. The van der Waals surface area contributed by atoms with E-state index in [1.54, 1.807) is 23.1 Å². The Bertz CT molecular complexity index is 2140. The van der Waals surface area contributed by atoms with Crippen LogP contribution in [0.1, 0.15) is 37.6 Å². The Morgan fingerprint density at radius 2 is 1.51 bits per heavy atom. The van der Waals surface area contributed by atoms with Gasteiger partial charge in [0.15, 0.2) is 6.54 Å². The highest BCUT2D eigenvalue weighted by Gasteiger charge is 2.32. The summed E-state index contributed by atoms with van der Waals surface area (Å²) in [6.45, 7) is 3.05. The smallest absolute Gasteiger partial charge is 0.265 e. The molecule has 4 aromatic carbocycles. The van der Waals surface area contributed by atoms with Gasteiger partial charge in [-0.05, 0) is 48.2 Å². The molecule has 2 heterocycles. The van der Waals surface area contributed by atoms with Gasteiger partial charge in [0.1, 0.15) is 4.70 Å². The fourth-order valence-electron chi connectivity index (χ4n) is 6.12. The predicted octanol–water partition coefficient (Wildman–Crippen LogP) is 7.17. The summed E-state index contributed by atoms with van der Waals surface area (Å²) in [6.07, 6.45) is 4.33. The summed E-state index contributed by atoms with van der Waals surface area (Å²) in [7, 11) is -8.15. The van der Waals surface area contributed by atoms with Gasteiger partial charge in [0.2, 0.25) is 5.52 Å². The van der Waals surface area contributed by atoms with E-state index in [-0.39, 0.29) is 23.3 Å². The molecule has 0 spiro atoms. The minimum atomic E-state index is -4.08. The van der Waals surface area contributed by atoms with Crippen molar-refractivity contribution in [2.24, 2.45) is 0 Å². The van der Waals surface area contributed by atoms with E-state index in [2.05, 4.69) is 71.0 Å². The van der Waals surface area contributed by atoms with Crippen LogP contribution in [0.3, 0.4) is 0 Å². The van der Waals surface area contributed by atoms with E-state index < -0.39 is 20.2 Å². The summed E-state index contributed by atoms with van der Waals surface area (Å²) in [4.78, 5) is 3.44. The lowest BCUT2D eigenvalue weighted by molar-refractivity contribution is -0.667. The van der Waals surface area contributed by atoms with Gasteiger partial charge in [-0.15, -0.1) is 0 Å². The first-order valence-electron chi connectivity index (χ1n) is 14.9. The van der Waals surface area contributed by atoms with Crippen LogP contribution in [0.4, 0.5) is 5.69 Å². The first kappa shape index (κ1) is 32.0. The second kappa shape index (κ2) is 13.0. The van der Waals surface area contributed by atoms with Crippen molar-refractivity contribution in [1.29, 1.82) is 0 Å². The summed E-state index contributed by atoms with van der Waals surface area (Å²) < 4.78 is 68.4. The van der Waals surface area contributed by atoms with Crippen LogP contribution in [0.5, 0.6) is 0 Å². The van der Waals surface area contributed by atoms with Crippen molar-refractivity contribution in [1.82, 2.24) is 0 Å². The quantitative estimate of drug-likeness (QED) is 0.105. The number of aryl methyl sites for hydroxylation is 1. The molecule has 45 heavy (non-hydrogen) atoms. The maximum Gasteiger partial charge on any atom is 0.265 e. The van der Waals surface area contributed by atoms with Gasteiger partial charge in [0, 0.05) is 29.3 Å². The summed E-state index contributed by atoms with van der Waals surface area (Å²) >= 11 is 3.44. The van der Waals surface area contributed by atoms with Crippen molar-refractivity contribution in [2.75, 3.05) is 23.0 Å². The van der Waals surface area contributed by atoms with Gasteiger partial charge in [0.25, 0.3) is 25.2 Å². The van der Waals surface area contributed by atoms with Crippen molar-refractivity contribution < 1.29 is 30.5 Å². The van der Waals surface area contributed by atoms with Crippen LogP contribution in [-0.4, -0.2) is 49.4 Å². The zero-order valence-electron chi connectivity index (χ0n) is 24.8. The predicted molar refractivity (Wildman–Crippen MR) is 185 cm³/mol. The number of rotatable bonds is 12. The molecule has 0 saturated carbocycles. The number of benzene rings is 4. The minimum Gasteiger partial charge on any atom is -0.357 e. The van der Waals surface area contributed by atoms with Crippen molar-refractivity contribution in [3.63, 3.8) is 0 Å². The van der Waals surface area contributed by atoms with E-state index in [1.165, 1.54) is 5.57 Å². The topological polar surface area (TPSA) is 116 Å². The fourth-order valence-corrected chi connectivity index (χ4v) is 9.72. The van der Waals surface area contributed by atoms with Gasteiger partial charge < -0.3 is 4.90 Å². The maximum atomic E-state index is 11.6. The molecule has 0 aliphatic carbocycles. The van der Waals surface area contributed by atoms with Crippen molar-refractivity contribution in [2.45, 2.75) is 49.4 Å². The Hall–Kier alpha value is -3.00. The minimum absolute atomic E-state index is 0.0293. The molecule has 5 aromatic rings. The summed E-state index contributed by atoms with van der Waals surface area (Å²) in [5, 5.41) is 5.47. The zero-order chi connectivity index (χ0) is 31.8. The van der Waals surface area contributed by atoms with Crippen LogP contribution in [-0.2, 0) is 26.8 Å². The molecule has 1 aliphatic rings. The Labute approximate surface area is 271 Å². The monoisotopic (exact) mass is 683 g/mol. The van der Waals surface area contributed by atoms with E-state index in [0.717, 1.165) is 60.2 Å². The van der Waals surface area contributed by atoms with E-state index in [1.807, 2.05) is 24.3 Å². The van der Waals surface area contributed by atoms with Gasteiger partial charge in [-0.3, -0.25) is 9.11 Å². The first-order chi connectivity index (χ1) is 21.5. The number of hydrogen-bond acceptors (Lipinski definition) is 7. The highest BCUT2D eigenvalue weighted by molar-refractivity contribution is 8.00. The molecule has 0 amide bonds. The molecule has 1 aromatic heterocycles.